The predicted octanol–water partition coefficient (Wildman–Crippen LogP) is 6.19. The maximum atomic E-state index is 10.2. The first-order valence-corrected chi connectivity index (χ1v) is 12.6. The Kier molecular flexibility index (Phi) is 5.95. The van der Waals surface area contributed by atoms with Crippen molar-refractivity contribution in [2.24, 2.45) is 46.3 Å². The maximum absolute atomic E-state index is 10.2. The standard InChI is InChI=1S/C26H46O2/c1-17(2)24(28)7-5-6-18-9-11-22-21-10-8-19-16-20(27)12-14-26(19,4)23(21)13-15-25(18,22)3/h17-24,27-28H,5-16H2,1-4H3/t18-,19?,20-,21-,22?,23?,24?,25?,26-/m0/s1. The number of aliphatic hydroxyl groups excluding tert-OH is 2. The van der Waals surface area contributed by atoms with Gasteiger partial charge in [-0.05, 0) is 117 Å². The second kappa shape index (κ2) is 7.88. The summed E-state index contributed by atoms with van der Waals surface area (Å²) in [6, 6.07) is 0. The quantitative estimate of drug-likeness (QED) is 0.587. The van der Waals surface area contributed by atoms with E-state index in [4.69, 9.17) is 0 Å². The van der Waals surface area contributed by atoms with Crippen molar-refractivity contribution in [3.05, 3.63) is 0 Å². The van der Waals surface area contributed by atoms with Crippen LogP contribution in [-0.4, -0.2) is 22.4 Å². The topological polar surface area (TPSA) is 40.5 Å². The molecule has 0 radical (unpaired) electrons. The van der Waals surface area contributed by atoms with Gasteiger partial charge >= 0.3 is 0 Å². The van der Waals surface area contributed by atoms with E-state index in [1.165, 1.54) is 57.8 Å². The van der Waals surface area contributed by atoms with Gasteiger partial charge in [-0.2, -0.15) is 0 Å². The van der Waals surface area contributed by atoms with E-state index in [-0.39, 0.29) is 12.2 Å². The van der Waals surface area contributed by atoms with E-state index in [9.17, 15) is 10.2 Å². The summed E-state index contributed by atoms with van der Waals surface area (Å²) in [5.74, 6) is 4.86. The summed E-state index contributed by atoms with van der Waals surface area (Å²) in [5.41, 5.74) is 1.06. The molecule has 2 N–H and O–H groups in total. The predicted molar refractivity (Wildman–Crippen MR) is 116 cm³/mol. The molecule has 5 unspecified atom stereocenters. The third-order valence-electron chi connectivity index (χ3n) is 10.7. The second-order valence-electron chi connectivity index (χ2n) is 12.1. The van der Waals surface area contributed by atoms with Crippen LogP contribution in [0.1, 0.15) is 105 Å². The van der Waals surface area contributed by atoms with E-state index in [1.807, 2.05) is 0 Å². The van der Waals surface area contributed by atoms with Crippen molar-refractivity contribution in [2.75, 3.05) is 0 Å². The first-order chi connectivity index (χ1) is 13.3. The van der Waals surface area contributed by atoms with Gasteiger partial charge in [0.1, 0.15) is 0 Å². The summed E-state index contributed by atoms with van der Waals surface area (Å²) in [7, 11) is 0. The van der Waals surface area contributed by atoms with Crippen LogP contribution in [0.5, 0.6) is 0 Å². The highest BCUT2D eigenvalue weighted by Crippen LogP contribution is 2.67. The van der Waals surface area contributed by atoms with Gasteiger partial charge < -0.3 is 10.2 Å². The average molecular weight is 391 g/mol. The van der Waals surface area contributed by atoms with E-state index in [0.29, 0.717) is 16.7 Å². The molecule has 4 saturated carbocycles. The smallest absolute Gasteiger partial charge is 0.0563 e. The molecule has 28 heavy (non-hydrogen) atoms. The Balaban J connectivity index is 1.42. The van der Waals surface area contributed by atoms with Crippen LogP contribution in [0, 0.1) is 46.3 Å². The molecule has 162 valence electrons. The minimum atomic E-state index is -0.113. The van der Waals surface area contributed by atoms with Gasteiger partial charge in [0.2, 0.25) is 0 Å². The Bertz CT molecular complexity index is 545. The van der Waals surface area contributed by atoms with Crippen molar-refractivity contribution in [3.63, 3.8) is 0 Å². The molecule has 0 amide bonds. The van der Waals surface area contributed by atoms with Crippen LogP contribution in [0.4, 0.5) is 0 Å². The molecule has 0 aromatic heterocycles. The zero-order valence-corrected chi connectivity index (χ0v) is 19.0. The highest BCUT2D eigenvalue weighted by atomic mass is 16.3. The largest absolute Gasteiger partial charge is 0.393 e. The first-order valence-electron chi connectivity index (χ1n) is 12.6. The Morgan fingerprint density at radius 2 is 1.61 bits per heavy atom. The molecule has 2 nitrogen and oxygen atoms in total. The van der Waals surface area contributed by atoms with Crippen molar-refractivity contribution in [3.8, 4) is 0 Å². The van der Waals surface area contributed by atoms with Gasteiger partial charge in [0.15, 0.2) is 0 Å². The van der Waals surface area contributed by atoms with Gasteiger partial charge in [-0.3, -0.25) is 0 Å². The summed E-state index contributed by atoms with van der Waals surface area (Å²) in [5, 5.41) is 20.4. The average Bonchev–Trinajstić information content (AvgIpc) is 2.99. The van der Waals surface area contributed by atoms with Crippen molar-refractivity contribution in [1.82, 2.24) is 0 Å². The molecule has 4 aliphatic carbocycles. The van der Waals surface area contributed by atoms with Crippen molar-refractivity contribution < 1.29 is 10.2 Å². The van der Waals surface area contributed by atoms with Crippen molar-refractivity contribution in [1.29, 1.82) is 0 Å². The van der Waals surface area contributed by atoms with Crippen LogP contribution < -0.4 is 0 Å². The lowest BCUT2D eigenvalue weighted by atomic mass is 9.44. The van der Waals surface area contributed by atoms with E-state index in [1.54, 1.807) is 0 Å². The highest BCUT2D eigenvalue weighted by Gasteiger charge is 2.59. The van der Waals surface area contributed by atoms with Crippen molar-refractivity contribution >= 4 is 0 Å². The molecule has 0 bridgehead atoms. The van der Waals surface area contributed by atoms with Crippen LogP contribution in [-0.2, 0) is 0 Å². The van der Waals surface area contributed by atoms with Crippen LogP contribution >= 0.6 is 0 Å². The molecule has 0 aliphatic heterocycles. The maximum Gasteiger partial charge on any atom is 0.0563 e. The number of fused-ring (bicyclic) bond motifs is 5. The third-order valence-corrected chi connectivity index (χ3v) is 10.7. The van der Waals surface area contributed by atoms with Gasteiger partial charge in [-0.25, -0.2) is 0 Å². The minimum Gasteiger partial charge on any atom is -0.393 e. The fourth-order valence-corrected chi connectivity index (χ4v) is 8.73. The van der Waals surface area contributed by atoms with E-state index in [2.05, 4.69) is 27.7 Å². The molecule has 0 aromatic rings. The second-order valence-corrected chi connectivity index (χ2v) is 12.1. The van der Waals surface area contributed by atoms with Gasteiger partial charge in [0.05, 0.1) is 12.2 Å². The summed E-state index contributed by atoms with van der Waals surface area (Å²) in [6.07, 6.45) is 15.3. The van der Waals surface area contributed by atoms with Crippen LogP contribution in [0.25, 0.3) is 0 Å². The monoisotopic (exact) mass is 390 g/mol. The molecule has 0 saturated heterocycles. The molecule has 4 rings (SSSR count). The van der Waals surface area contributed by atoms with Gasteiger partial charge in [-0.15, -0.1) is 0 Å². The third kappa shape index (κ3) is 3.49. The molecule has 4 aliphatic rings. The summed E-state index contributed by atoms with van der Waals surface area (Å²) < 4.78 is 0. The molecule has 0 aromatic carbocycles. The molecule has 4 fully saturated rings. The first kappa shape index (κ1) is 21.2. The lowest BCUT2D eigenvalue weighted by Gasteiger charge is -2.61. The van der Waals surface area contributed by atoms with E-state index < -0.39 is 0 Å². The van der Waals surface area contributed by atoms with E-state index in [0.717, 1.165) is 48.9 Å². The van der Waals surface area contributed by atoms with Gasteiger partial charge in [0.25, 0.3) is 0 Å². The van der Waals surface area contributed by atoms with Crippen LogP contribution in [0.3, 0.4) is 0 Å². The van der Waals surface area contributed by atoms with Gasteiger partial charge in [0, 0.05) is 0 Å². The fraction of sp³-hybridized carbons (Fsp3) is 1.00. The molecule has 0 spiro atoms. The summed E-state index contributed by atoms with van der Waals surface area (Å²) >= 11 is 0. The summed E-state index contributed by atoms with van der Waals surface area (Å²) in [4.78, 5) is 0. The van der Waals surface area contributed by atoms with Gasteiger partial charge in [-0.1, -0.05) is 34.1 Å². The Morgan fingerprint density at radius 1 is 0.893 bits per heavy atom. The highest BCUT2D eigenvalue weighted by molar-refractivity contribution is 5.09. The molecular formula is C26H46O2. The molecule has 0 heterocycles. The Morgan fingerprint density at radius 3 is 2.36 bits per heavy atom. The molecule has 2 heteroatoms. The lowest BCUT2D eigenvalue weighted by Crippen LogP contribution is -2.53. The number of hydrogen-bond acceptors (Lipinski definition) is 2. The number of rotatable bonds is 5. The summed E-state index contributed by atoms with van der Waals surface area (Å²) in [6.45, 7) is 9.52. The SMILES string of the molecule is CC(C)C(O)CCC[C@H]1CCC2[C@@H]3CCC4C[C@@H](O)CC[C@]4(C)C3CCC21C. The van der Waals surface area contributed by atoms with Crippen molar-refractivity contribution in [2.45, 2.75) is 117 Å². The number of aliphatic hydroxyl groups is 2. The molecule has 9 atom stereocenters. The van der Waals surface area contributed by atoms with Crippen LogP contribution in [0.2, 0.25) is 0 Å². The number of hydrogen-bond donors (Lipinski definition) is 2. The zero-order chi connectivity index (χ0) is 20.1. The van der Waals surface area contributed by atoms with E-state index >= 15 is 0 Å². The van der Waals surface area contributed by atoms with Crippen LogP contribution in [0.15, 0.2) is 0 Å². The minimum absolute atomic E-state index is 0.0273. The fourth-order valence-electron chi connectivity index (χ4n) is 8.73. The Labute approximate surface area is 173 Å². The normalized spacial score (nSPS) is 49.4. The zero-order valence-electron chi connectivity index (χ0n) is 19.0. The lowest BCUT2D eigenvalue weighted by molar-refractivity contribution is -0.127. The Hall–Kier alpha value is -0.0800. The molecular weight excluding hydrogens is 344 g/mol.